The minimum atomic E-state index is -3.64. The number of hydrogen-bond acceptors (Lipinski definition) is 6. The second kappa shape index (κ2) is 9.96. The number of ether oxygens (including phenoxy) is 1. The minimum absolute atomic E-state index is 0.158. The van der Waals surface area contributed by atoms with E-state index in [9.17, 15) is 13.2 Å². The zero-order chi connectivity index (χ0) is 24.3. The maximum atomic E-state index is 13.1. The van der Waals surface area contributed by atoms with Crippen LogP contribution in [0.25, 0.3) is 5.69 Å². The lowest BCUT2D eigenvalue weighted by Crippen LogP contribution is -2.48. The molecule has 1 aliphatic rings. The van der Waals surface area contributed by atoms with E-state index in [0.29, 0.717) is 37.6 Å². The van der Waals surface area contributed by atoms with Gasteiger partial charge in [0.05, 0.1) is 12.0 Å². The summed E-state index contributed by atoms with van der Waals surface area (Å²) in [4.78, 5) is 15.2. The fraction of sp³-hybridized carbons (Fsp3) is 0.333. The maximum Gasteiger partial charge on any atom is 0.276 e. The Kier molecular flexibility index (Phi) is 7.01. The van der Waals surface area contributed by atoms with Gasteiger partial charge in [-0.3, -0.25) is 4.79 Å². The van der Waals surface area contributed by atoms with E-state index < -0.39 is 15.9 Å². The number of nitrogens with zero attached hydrogens (tertiary/aromatic N) is 4. The van der Waals surface area contributed by atoms with Crippen LogP contribution in [-0.4, -0.2) is 73.1 Å². The number of nitrogens with one attached hydrogen (secondary N) is 1. The highest BCUT2D eigenvalue weighted by molar-refractivity contribution is 7.89. The summed E-state index contributed by atoms with van der Waals surface area (Å²) in [6.07, 6.45) is 1.68. The molecule has 4 rings (SSSR count). The lowest BCUT2D eigenvalue weighted by molar-refractivity contribution is 0.102. The molecule has 1 aliphatic heterocycles. The SMILES string of the molecule is CCN1CCN(S(=O)(=O)c2cccc(NC(=O)c3ccn(-c4cc(C)ccc4OC)n3)c2)CC1. The Morgan fingerprint density at radius 2 is 1.85 bits per heavy atom. The van der Waals surface area contributed by atoms with E-state index in [1.165, 1.54) is 10.4 Å². The Labute approximate surface area is 200 Å². The summed E-state index contributed by atoms with van der Waals surface area (Å²) in [5.41, 5.74) is 2.35. The first kappa shape index (κ1) is 23.9. The normalized spacial score (nSPS) is 15.3. The van der Waals surface area contributed by atoms with Crippen molar-refractivity contribution in [1.29, 1.82) is 0 Å². The Hall–Kier alpha value is -3.21. The number of aromatic nitrogens is 2. The van der Waals surface area contributed by atoms with E-state index >= 15 is 0 Å². The van der Waals surface area contributed by atoms with Gasteiger partial charge in [-0.05, 0) is 55.4 Å². The van der Waals surface area contributed by atoms with E-state index in [2.05, 4.69) is 22.2 Å². The fourth-order valence-corrected chi connectivity index (χ4v) is 5.39. The molecule has 2 heterocycles. The van der Waals surface area contributed by atoms with Crippen molar-refractivity contribution in [2.75, 3.05) is 45.2 Å². The monoisotopic (exact) mass is 483 g/mol. The average Bonchev–Trinajstić information content (AvgIpc) is 3.35. The van der Waals surface area contributed by atoms with Gasteiger partial charge in [0.2, 0.25) is 10.0 Å². The van der Waals surface area contributed by atoms with E-state index in [1.807, 2.05) is 25.1 Å². The molecule has 1 N–H and O–H groups in total. The first-order chi connectivity index (χ1) is 16.3. The standard InChI is InChI=1S/C24H29N5O4S/c1-4-27-12-14-28(15-13-27)34(31,32)20-7-5-6-19(17-20)25-24(30)21-10-11-29(26-21)22-16-18(2)8-9-23(22)33-3/h5-11,16-17H,4,12-15H2,1-3H3,(H,25,30). The van der Waals surface area contributed by atoms with Crippen molar-refractivity contribution >= 4 is 21.6 Å². The Balaban J connectivity index is 1.50. The molecule has 0 spiro atoms. The van der Waals surface area contributed by atoms with Crippen molar-refractivity contribution in [3.8, 4) is 11.4 Å². The van der Waals surface area contributed by atoms with Crippen LogP contribution in [-0.2, 0) is 10.0 Å². The molecule has 3 aromatic rings. The summed E-state index contributed by atoms with van der Waals surface area (Å²) < 4.78 is 34.7. The summed E-state index contributed by atoms with van der Waals surface area (Å²) in [5.74, 6) is 0.204. The van der Waals surface area contributed by atoms with Crippen molar-refractivity contribution in [3.63, 3.8) is 0 Å². The Bertz CT molecular complexity index is 1280. The molecule has 0 radical (unpaired) electrons. The topological polar surface area (TPSA) is 96.8 Å². The molecule has 180 valence electrons. The number of carbonyl (C=O) groups is 1. The summed E-state index contributed by atoms with van der Waals surface area (Å²) >= 11 is 0. The van der Waals surface area contributed by atoms with Crippen molar-refractivity contribution in [1.82, 2.24) is 19.0 Å². The smallest absolute Gasteiger partial charge is 0.276 e. The van der Waals surface area contributed by atoms with Gasteiger partial charge in [-0.15, -0.1) is 0 Å². The highest BCUT2D eigenvalue weighted by atomic mass is 32.2. The van der Waals surface area contributed by atoms with Gasteiger partial charge in [0, 0.05) is 38.1 Å². The predicted octanol–water partition coefficient (Wildman–Crippen LogP) is 2.77. The summed E-state index contributed by atoms with van der Waals surface area (Å²) in [5, 5.41) is 7.14. The number of piperazine rings is 1. The first-order valence-corrected chi connectivity index (χ1v) is 12.6. The number of likely N-dealkylation sites (N-methyl/N-ethyl adjacent to an activating group) is 1. The number of amides is 1. The molecule has 0 atom stereocenters. The number of carbonyl (C=O) groups excluding carboxylic acids is 1. The molecule has 1 amide bonds. The van der Waals surface area contributed by atoms with Crippen LogP contribution in [0, 0.1) is 6.92 Å². The lowest BCUT2D eigenvalue weighted by atomic mass is 10.2. The molecule has 0 saturated carbocycles. The number of anilines is 1. The first-order valence-electron chi connectivity index (χ1n) is 11.2. The third-order valence-electron chi connectivity index (χ3n) is 5.91. The van der Waals surface area contributed by atoms with Gasteiger partial charge in [0.1, 0.15) is 11.4 Å². The van der Waals surface area contributed by atoms with Gasteiger partial charge in [-0.25, -0.2) is 13.1 Å². The highest BCUT2D eigenvalue weighted by Gasteiger charge is 2.28. The summed E-state index contributed by atoms with van der Waals surface area (Å²) in [7, 11) is -2.06. The quantitative estimate of drug-likeness (QED) is 0.555. The van der Waals surface area contributed by atoms with E-state index in [-0.39, 0.29) is 10.6 Å². The number of benzene rings is 2. The number of hydrogen-bond donors (Lipinski definition) is 1. The van der Waals surface area contributed by atoms with Crippen molar-refractivity contribution in [2.24, 2.45) is 0 Å². The molecular formula is C24H29N5O4S. The van der Waals surface area contributed by atoms with E-state index in [1.54, 1.807) is 42.3 Å². The maximum absolute atomic E-state index is 13.1. The van der Waals surface area contributed by atoms with Gasteiger partial charge in [0.15, 0.2) is 5.69 Å². The molecular weight excluding hydrogens is 454 g/mol. The molecule has 0 bridgehead atoms. The van der Waals surface area contributed by atoms with Crippen LogP contribution in [0.15, 0.2) is 59.6 Å². The van der Waals surface area contributed by atoms with Gasteiger partial charge < -0.3 is 15.0 Å². The zero-order valence-corrected chi connectivity index (χ0v) is 20.4. The second-order valence-electron chi connectivity index (χ2n) is 8.14. The Morgan fingerprint density at radius 1 is 1.09 bits per heavy atom. The number of methoxy groups -OCH3 is 1. The molecule has 2 aromatic carbocycles. The molecule has 1 aromatic heterocycles. The minimum Gasteiger partial charge on any atom is -0.494 e. The number of aryl methyl sites for hydroxylation is 1. The molecule has 0 unspecified atom stereocenters. The molecule has 0 aliphatic carbocycles. The highest BCUT2D eigenvalue weighted by Crippen LogP contribution is 2.24. The molecule has 9 nitrogen and oxygen atoms in total. The van der Waals surface area contributed by atoms with Gasteiger partial charge in [-0.1, -0.05) is 19.1 Å². The summed E-state index contributed by atoms with van der Waals surface area (Å²) in [6, 6.07) is 13.6. The predicted molar refractivity (Wildman–Crippen MR) is 130 cm³/mol. The largest absolute Gasteiger partial charge is 0.494 e. The third-order valence-corrected chi connectivity index (χ3v) is 7.81. The van der Waals surface area contributed by atoms with Gasteiger partial charge in [-0.2, -0.15) is 9.40 Å². The van der Waals surface area contributed by atoms with Crippen LogP contribution in [0.4, 0.5) is 5.69 Å². The third kappa shape index (κ3) is 4.98. The second-order valence-corrected chi connectivity index (χ2v) is 10.1. The van der Waals surface area contributed by atoms with Crippen molar-refractivity contribution in [2.45, 2.75) is 18.7 Å². The molecule has 10 heteroatoms. The number of rotatable bonds is 7. The molecule has 34 heavy (non-hydrogen) atoms. The Morgan fingerprint density at radius 3 is 2.56 bits per heavy atom. The zero-order valence-electron chi connectivity index (χ0n) is 19.6. The van der Waals surface area contributed by atoms with Crippen LogP contribution < -0.4 is 10.1 Å². The summed E-state index contributed by atoms with van der Waals surface area (Å²) in [6.45, 7) is 7.25. The molecule has 1 saturated heterocycles. The van der Waals surface area contributed by atoms with Crippen LogP contribution in [0.5, 0.6) is 5.75 Å². The van der Waals surface area contributed by atoms with Crippen molar-refractivity contribution in [3.05, 3.63) is 66.0 Å². The van der Waals surface area contributed by atoms with Gasteiger partial charge >= 0.3 is 0 Å². The van der Waals surface area contributed by atoms with Crippen LogP contribution in [0.1, 0.15) is 23.0 Å². The van der Waals surface area contributed by atoms with Crippen LogP contribution in [0.3, 0.4) is 0 Å². The lowest BCUT2D eigenvalue weighted by Gasteiger charge is -2.33. The number of sulfonamides is 1. The van der Waals surface area contributed by atoms with Crippen LogP contribution >= 0.6 is 0 Å². The van der Waals surface area contributed by atoms with Gasteiger partial charge in [0.25, 0.3) is 5.91 Å². The van der Waals surface area contributed by atoms with Crippen molar-refractivity contribution < 1.29 is 17.9 Å². The van der Waals surface area contributed by atoms with Crippen LogP contribution in [0.2, 0.25) is 0 Å². The average molecular weight is 484 g/mol. The van der Waals surface area contributed by atoms with E-state index in [4.69, 9.17) is 4.74 Å². The molecule has 1 fully saturated rings. The fourth-order valence-electron chi connectivity index (χ4n) is 3.92. The van der Waals surface area contributed by atoms with E-state index in [0.717, 1.165) is 17.8 Å².